The highest BCUT2D eigenvalue weighted by Gasteiger charge is 2.14. The summed E-state index contributed by atoms with van der Waals surface area (Å²) >= 11 is 0. The number of hydrogen-bond donors (Lipinski definition) is 0. The van der Waals surface area contributed by atoms with Crippen molar-refractivity contribution in [1.82, 2.24) is 30.0 Å². The number of benzene rings is 4. The van der Waals surface area contributed by atoms with Gasteiger partial charge in [-0.15, -0.1) is 10.2 Å². The molecule has 10 heteroatoms. The third-order valence-corrected chi connectivity index (χ3v) is 8.12. The van der Waals surface area contributed by atoms with Gasteiger partial charge in [-0.05, 0) is 22.3 Å². The molecule has 10 nitrogen and oxygen atoms in total. The molecule has 6 rings (SSSR count). The molecule has 0 bridgehead atoms. The quantitative estimate of drug-likeness (QED) is 0.0727. The number of allylic oxidation sites excluding steroid dienone is 2. The van der Waals surface area contributed by atoms with Crippen molar-refractivity contribution in [3.05, 3.63) is 180 Å². The van der Waals surface area contributed by atoms with E-state index >= 15 is 0 Å². The molecule has 0 aliphatic carbocycles. The maximum atomic E-state index is 5.79. The molecule has 266 valence electrons. The minimum Gasteiger partial charge on any atom is -0.377 e. The largest absolute Gasteiger partial charge is 0.377 e. The molecule has 2 atom stereocenters. The number of nitrogens with zero attached hydrogens (tertiary/aromatic N) is 6. The predicted octanol–water partition coefficient (Wildman–Crippen LogP) is 7.24. The van der Waals surface area contributed by atoms with E-state index in [4.69, 9.17) is 18.9 Å². The Bertz CT molecular complexity index is 1770. The summed E-state index contributed by atoms with van der Waals surface area (Å²) in [5.41, 5.74) is 6.03. The summed E-state index contributed by atoms with van der Waals surface area (Å²) in [4.78, 5) is 0. The Morgan fingerprint density at radius 2 is 0.788 bits per heavy atom. The molecule has 0 amide bonds. The van der Waals surface area contributed by atoms with Crippen LogP contribution in [0, 0.1) is 0 Å². The molecule has 2 unspecified atom stereocenters. The van der Waals surface area contributed by atoms with Crippen LogP contribution in [0.1, 0.15) is 45.7 Å². The molecule has 2 aromatic heterocycles. The van der Waals surface area contributed by atoms with Crippen molar-refractivity contribution in [2.24, 2.45) is 0 Å². The fourth-order valence-electron chi connectivity index (χ4n) is 5.48. The van der Waals surface area contributed by atoms with Crippen LogP contribution >= 0.6 is 0 Å². The highest BCUT2D eigenvalue weighted by Crippen LogP contribution is 2.22. The zero-order valence-corrected chi connectivity index (χ0v) is 29.1. The standard InChI is InChI=1S/C42H44N6O4/c1-5-13-35(14-6-1)21-23-41(37-17-9-3-10-18-37)47-31-39(43-45-47)33-51-29-27-49-25-26-50-28-30-52-34-40-32-48(46-44-40)42(38-19-11-4-12-20-38)24-22-36-15-7-2-8-16-36/h1-24,31-32,41-42H,25-30,33-34H2/b23-21+,24-22+. The molecule has 0 aliphatic rings. The molecule has 4 aromatic carbocycles. The summed E-state index contributed by atoms with van der Waals surface area (Å²) in [5, 5.41) is 17.4. The molecule has 0 spiro atoms. The van der Waals surface area contributed by atoms with E-state index in [0.717, 1.165) is 33.6 Å². The van der Waals surface area contributed by atoms with E-state index in [1.54, 1.807) is 0 Å². The zero-order valence-electron chi connectivity index (χ0n) is 29.1. The maximum Gasteiger partial charge on any atom is 0.108 e. The molecule has 0 aliphatic heterocycles. The first-order valence-corrected chi connectivity index (χ1v) is 17.5. The molecule has 0 radical (unpaired) electrons. The smallest absolute Gasteiger partial charge is 0.108 e. The normalized spacial score (nSPS) is 12.8. The van der Waals surface area contributed by atoms with Crippen LogP contribution in [0.3, 0.4) is 0 Å². The summed E-state index contributed by atoms with van der Waals surface area (Å²) < 4.78 is 26.6. The van der Waals surface area contributed by atoms with Crippen molar-refractivity contribution < 1.29 is 18.9 Å². The lowest BCUT2D eigenvalue weighted by Crippen LogP contribution is -2.12. The molecule has 0 saturated heterocycles. The summed E-state index contributed by atoms with van der Waals surface area (Å²) in [6, 6.07) is 40.8. The highest BCUT2D eigenvalue weighted by atomic mass is 16.6. The molecule has 6 aromatic rings. The predicted molar refractivity (Wildman–Crippen MR) is 201 cm³/mol. The van der Waals surface area contributed by atoms with Crippen LogP contribution in [0.2, 0.25) is 0 Å². The van der Waals surface area contributed by atoms with Gasteiger partial charge in [0.1, 0.15) is 11.4 Å². The average Bonchev–Trinajstić information content (AvgIpc) is 3.87. The summed E-state index contributed by atoms with van der Waals surface area (Å²) in [6.45, 7) is 3.45. The van der Waals surface area contributed by atoms with Crippen molar-refractivity contribution in [2.45, 2.75) is 25.3 Å². The molecule has 52 heavy (non-hydrogen) atoms. The van der Waals surface area contributed by atoms with E-state index in [9.17, 15) is 0 Å². The van der Waals surface area contributed by atoms with Gasteiger partial charge in [-0.25, -0.2) is 9.36 Å². The molecule has 0 N–H and O–H groups in total. The maximum absolute atomic E-state index is 5.79. The zero-order chi connectivity index (χ0) is 35.5. The van der Waals surface area contributed by atoms with Gasteiger partial charge >= 0.3 is 0 Å². The Hall–Kier alpha value is -5.52. The third kappa shape index (κ3) is 11.5. The third-order valence-electron chi connectivity index (χ3n) is 8.12. The Morgan fingerprint density at radius 3 is 1.17 bits per heavy atom. The van der Waals surface area contributed by atoms with Crippen LogP contribution in [-0.2, 0) is 32.2 Å². The van der Waals surface area contributed by atoms with Gasteiger partial charge in [0.25, 0.3) is 0 Å². The van der Waals surface area contributed by atoms with E-state index in [-0.39, 0.29) is 12.1 Å². The fraction of sp³-hybridized carbons (Fsp3) is 0.238. The van der Waals surface area contributed by atoms with Crippen molar-refractivity contribution in [3.8, 4) is 0 Å². The first-order chi connectivity index (χ1) is 25.8. The Labute approximate surface area is 304 Å². The van der Waals surface area contributed by atoms with Gasteiger partial charge in [-0.2, -0.15) is 0 Å². The second-order valence-electron chi connectivity index (χ2n) is 12.0. The van der Waals surface area contributed by atoms with E-state index in [2.05, 4.69) is 93.5 Å². The van der Waals surface area contributed by atoms with Gasteiger partial charge in [0.05, 0.1) is 77.3 Å². The van der Waals surface area contributed by atoms with E-state index in [0.29, 0.717) is 52.9 Å². The van der Waals surface area contributed by atoms with Gasteiger partial charge < -0.3 is 18.9 Å². The summed E-state index contributed by atoms with van der Waals surface area (Å²) in [5.74, 6) is 0. The van der Waals surface area contributed by atoms with Crippen LogP contribution in [0.15, 0.2) is 146 Å². The lowest BCUT2D eigenvalue weighted by molar-refractivity contribution is -0.00679. The Balaban J connectivity index is 0.842. The minimum atomic E-state index is -0.0854. The van der Waals surface area contributed by atoms with Crippen LogP contribution in [0.4, 0.5) is 0 Å². The molecule has 0 saturated carbocycles. The van der Waals surface area contributed by atoms with Crippen LogP contribution in [-0.4, -0.2) is 69.6 Å². The lowest BCUT2D eigenvalue weighted by Gasteiger charge is -2.13. The van der Waals surface area contributed by atoms with Gasteiger partial charge in [0.2, 0.25) is 0 Å². The summed E-state index contributed by atoms with van der Waals surface area (Å²) in [7, 11) is 0. The molecule has 0 fully saturated rings. The minimum absolute atomic E-state index is 0.0854. The van der Waals surface area contributed by atoms with Crippen molar-refractivity contribution in [2.75, 3.05) is 39.6 Å². The van der Waals surface area contributed by atoms with Crippen LogP contribution in [0.25, 0.3) is 12.2 Å². The monoisotopic (exact) mass is 696 g/mol. The Kier molecular flexibility index (Phi) is 14.2. The van der Waals surface area contributed by atoms with E-state index in [1.807, 2.05) is 94.6 Å². The average molecular weight is 697 g/mol. The number of aromatic nitrogens is 6. The number of rotatable bonds is 21. The van der Waals surface area contributed by atoms with Gasteiger partial charge in [0.15, 0.2) is 0 Å². The van der Waals surface area contributed by atoms with Gasteiger partial charge in [-0.3, -0.25) is 0 Å². The van der Waals surface area contributed by atoms with Gasteiger partial charge in [-0.1, -0.05) is 156 Å². The number of hydrogen-bond acceptors (Lipinski definition) is 8. The molecular weight excluding hydrogens is 652 g/mol. The van der Waals surface area contributed by atoms with Crippen molar-refractivity contribution >= 4 is 12.2 Å². The number of ether oxygens (including phenoxy) is 4. The SMILES string of the molecule is C(=C\C(c1ccccc1)n1cc(COCCOCCOCCOCc2cn(C(/C=C/c3ccccc3)c3ccccc3)nn2)nn1)/c1ccccc1. The van der Waals surface area contributed by atoms with Crippen molar-refractivity contribution in [1.29, 1.82) is 0 Å². The van der Waals surface area contributed by atoms with Crippen molar-refractivity contribution in [3.63, 3.8) is 0 Å². The molecule has 2 heterocycles. The second-order valence-corrected chi connectivity index (χ2v) is 12.0. The Morgan fingerprint density at radius 1 is 0.442 bits per heavy atom. The highest BCUT2D eigenvalue weighted by molar-refractivity contribution is 5.51. The first-order valence-electron chi connectivity index (χ1n) is 17.5. The molecular formula is C42H44N6O4. The fourth-order valence-corrected chi connectivity index (χ4v) is 5.48. The van der Waals surface area contributed by atoms with Crippen LogP contribution in [0.5, 0.6) is 0 Å². The van der Waals surface area contributed by atoms with E-state index in [1.165, 1.54) is 0 Å². The van der Waals surface area contributed by atoms with Gasteiger partial charge in [0, 0.05) is 0 Å². The van der Waals surface area contributed by atoms with Crippen LogP contribution < -0.4 is 0 Å². The van der Waals surface area contributed by atoms with E-state index < -0.39 is 0 Å². The lowest BCUT2D eigenvalue weighted by atomic mass is 10.1. The first kappa shape index (κ1) is 36.3. The summed E-state index contributed by atoms with van der Waals surface area (Å²) in [6.07, 6.45) is 12.3. The second kappa shape index (κ2) is 20.4. The topological polar surface area (TPSA) is 98.3 Å².